The Morgan fingerprint density at radius 1 is 1.23 bits per heavy atom. The second-order valence-electron chi connectivity index (χ2n) is 5.35. The molecule has 3 heterocycles. The molecule has 4 rings (SSSR count). The summed E-state index contributed by atoms with van der Waals surface area (Å²) in [6, 6.07) is 7.74. The Kier molecular flexibility index (Phi) is 2.72. The molecule has 1 N–H and O–H groups in total. The summed E-state index contributed by atoms with van der Waals surface area (Å²) in [4.78, 5) is 27.9. The molecule has 1 aliphatic rings. The third-order valence-electron chi connectivity index (χ3n) is 4.06. The average Bonchev–Trinajstić information content (AvgIpc) is 2.83. The van der Waals surface area contributed by atoms with Gasteiger partial charge < -0.3 is 4.57 Å². The SMILES string of the molecule is O=C1CCC(n2c3cccc(F)c3c3cccnc32)C(=O)N1. The van der Waals surface area contributed by atoms with Crippen molar-refractivity contribution in [1.29, 1.82) is 0 Å². The molecule has 0 bridgehead atoms. The maximum Gasteiger partial charge on any atom is 0.249 e. The number of hydrogen-bond acceptors (Lipinski definition) is 3. The Labute approximate surface area is 124 Å². The minimum atomic E-state index is -0.561. The number of nitrogens with one attached hydrogen (secondary N) is 1. The number of nitrogens with zero attached hydrogens (tertiary/aromatic N) is 2. The van der Waals surface area contributed by atoms with E-state index in [0.29, 0.717) is 28.4 Å². The van der Waals surface area contributed by atoms with Gasteiger partial charge in [0.15, 0.2) is 0 Å². The fourth-order valence-electron chi connectivity index (χ4n) is 3.12. The van der Waals surface area contributed by atoms with Crippen LogP contribution in [-0.4, -0.2) is 21.4 Å². The predicted octanol–water partition coefficient (Wildman–Crippen LogP) is 2.31. The zero-order valence-corrected chi connectivity index (χ0v) is 11.5. The number of halogens is 1. The van der Waals surface area contributed by atoms with Crippen LogP contribution in [0.2, 0.25) is 0 Å². The molecule has 5 nitrogen and oxygen atoms in total. The van der Waals surface area contributed by atoms with Crippen molar-refractivity contribution >= 4 is 33.8 Å². The summed E-state index contributed by atoms with van der Waals surface area (Å²) in [6.45, 7) is 0. The molecule has 0 spiro atoms. The highest BCUT2D eigenvalue weighted by molar-refractivity contribution is 6.09. The molecular weight excluding hydrogens is 285 g/mol. The van der Waals surface area contributed by atoms with E-state index in [9.17, 15) is 14.0 Å². The third-order valence-corrected chi connectivity index (χ3v) is 4.06. The van der Waals surface area contributed by atoms with Crippen LogP contribution < -0.4 is 5.32 Å². The van der Waals surface area contributed by atoms with Gasteiger partial charge in [0, 0.05) is 23.4 Å². The van der Waals surface area contributed by atoms with E-state index in [-0.39, 0.29) is 24.1 Å². The number of benzene rings is 1. The van der Waals surface area contributed by atoms with Crippen LogP contribution in [0.4, 0.5) is 4.39 Å². The minimum absolute atomic E-state index is 0.264. The quantitative estimate of drug-likeness (QED) is 0.701. The first kappa shape index (κ1) is 12.9. The van der Waals surface area contributed by atoms with Crippen molar-refractivity contribution in [2.24, 2.45) is 0 Å². The van der Waals surface area contributed by atoms with Crippen molar-refractivity contribution in [3.63, 3.8) is 0 Å². The minimum Gasteiger partial charge on any atom is -0.313 e. The molecule has 1 fully saturated rings. The Morgan fingerprint density at radius 2 is 2.09 bits per heavy atom. The Hall–Kier alpha value is -2.76. The molecule has 1 aromatic carbocycles. The van der Waals surface area contributed by atoms with Gasteiger partial charge in [0.1, 0.15) is 17.5 Å². The van der Waals surface area contributed by atoms with Crippen molar-refractivity contribution in [2.45, 2.75) is 18.9 Å². The van der Waals surface area contributed by atoms with E-state index >= 15 is 0 Å². The van der Waals surface area contributed by atoms with Gasteiger partial charge in [-0.25, -0.2) is 9.37 Å². The zero-order chi connectivity index (χ0) is 15.3. The average molecular weight is 297 g/mol. The molecule has 22 heavy (non-hydrogen) atoms. The van der Waals surface area contributed by atoms with Gasteiger partial charge in [-0.15, -0.1) is 0 Å². The summed E-state index contributed by atoms with van der Waals surface area (Å²) >= 11 is 0. The van der Waals surface area contributed by atoms with Crippen LogP contribution in [0.1, 0.15) is 18.9 Å². The number of carbonyl (C=O) groups excluding carboxylic acids is 2. The molecule has 6 heteroatoms. The maximum atomic E-state index is 14.3. The second-order valence-corrected chi connectivity index (χ2v) is 5.35. The lowest BCUT2D eigenvalue weighted by atomic mass is 10.1. The smallest absolute Gasteiger partial charge is 0.249 e. The van der Waals surface area contributed by atoms with Gasteiger partial charge in [0.05, 0.1) is 5.52 Å². The number of imide groups is 1. The molecule has 3 aromatic rings. The summed E-state index contributed by atoms with van der Waals surface area (Å²) in [6.07, 6.45) is 2.26. The predicted molar refractivity (Wildman–Crippen MR) is 78.6 cm³/mol. The zero-order valence-electron chi connectivity index (χ0n) is 11.5. The molecule has 1 atom stereocenters. The molecule has 1 aliphatic heterocycles. The lowest BCUT2D eigenvalue weighted by Crippen LogP contribution is -2.41. The largest absolute Gasteiger partial charge is 0.313 e. The van der Waals surface area contributed by atoms with Crippen molar-refractivity contribution in [3.05, 3.63) is 42.3 Å². The van der Waals surface area contributed by atoms with Crippen molar-refractivity contribution in [2.75, 3.05) is 0 Å². The van der Waals surface area contributed by atoms with Gasteiger partial charge in [-0.2, -0.15) is 0 Å². The van der Waals surface area contributed by atoms with E-state index < -0.39 is 6.04 Å². The molecule has 2 aromatic heterocycles. The van der Waals surface area contributed by atoms with Crippen LogP contribution in [0.15, 0.2) is 36.5 Å². The molecule has 1 unspecified atom stereocenters. The van der Waals surface area contributed by atoms with Crippen LogP contribution in [0, 0.1) is 5.82 Å². The van der Waals surface area contributed by atoms with E-state index in [1.54, 1.807) is 35.0 Å². The molecule has 1 saturated heterocycles. The van der Waals surface area contributed by atoms with Crippen LogP contribution in [0.25, 0.3) is 21.9 Å². The second kappa shape index (κ2) is 4.62. The topological polar surface area (TPSA) is 64.0 Å². The Bertz CT molecular complexity index is 932. The molecule has 0 aliphatic carbocycles. The summed E-state index contributed by atoms with van der Waals surface area (Å²) in [5.74, 6) is -0.993. The summed E-state index contributed by atoms with van der Waals surface area (Å²) in [5, 5.41) is 3.46. The fraction of sp³-hybridized carbons (Fsp3) is 0.188. The van der Waals surface area contributed by atoms with Crippen LogP contribution in [0.5, 0.6) is 0 Å². The van der Waals surface area contributed by atoms with Crippen molar-refractivity contribution < 1.29 is 14.0 Å². The molecule has 2 amide bonds. The number of piperidine rings is 1. The van der Waals surface area contributed by atoms with E-state index in [1.807, 2.05) is 0 Å². The van der Waals surface area contributed by atoms with Gasteiger partial charge in [0.25, 0.3) is 0 Å². The monoisotopic (exact) mass is 297 g/mol. The number of hydrogen-bond donors (Lipinski definition) is 1. The maximum absolute atomic E-state index is 14.3. The molecular formula is C16H12FN3O2. The van der Waals surface area contributed by atoms with Crippen LogP contribution >= 0.6 is 0 Å². The van der Waals surface area contributed by atoms with Gasteiger partial charge in [0.2, 0.25) is 11.8 Å². The van der Waals surface area contributed by atoms with E-state index in [1.165, 1.54) is 6.07 Å². The van der Waals surface area contributed by atoms with Gasteiger partial charge in [-0.1, -0.05) is 6.07 Å². The first-order valence-electron chi connectivity index (χ1n) is 7.03. The highest BCUT2D eigenvalue weighted by atomic mass is 19.1. The highest BCUT2D eigenvalue weighted by Crippen LogP contribution is 2.34. The molecule has 110 valence electrons. The van der Waals surface area contributed by atoms with Crippen molar-refractivity contribution in [1.82, 2.24) is 14.9 Å². The van der Waals surface area contributed by atoms with Gasteiger partial charge in [-0.05, 0) is 30.7 Å². The van der Waals surface area contributed by atoms with E-state index in [0.717, 1.165) is 0 Å². The number of fused-ring (bicyclic) bond motifs is 3. The van der Waals surface area contributed by atoms with Gasteiger partial charge >= 0.3 is 0 Å². The third kappa shape index (κ3) is 1.73. The Morgan fingerprint density at radius 3 is 2.91 bits per heavy atom. The standard InChI is InChI=1S/C16H12FN3O2/c17-10-4-1-5-11-14(10)9-3-2-8-18-15(9)20(11)12-6-7-13(21)19-16(12)22/h1-5,8,12H,6-7H2,(H,19,21,22). The number of amides is 2. The van der Waals surface area contributed by atoms with E-state index in [4.69, 9.17) is 0 Å². The lowest BCUT2D eigenvalue weighted by molar-refractivity contribution is -0.135. The number of carbonyl (C=O) groups is 2. The van der Waals surface area contributed by atoms with Crippen LogP contribution in [-0.2, 0) is 9.59 Å². The molecule has 0 radical (unpaired) electrons. The number of rotatable bonds is 1. The number of pyridine rings is 1. The number of aromatic nitrogens is 2. The lowest BCUT2D eigenvalue weighted by Gasteiger charge is -2.23. The highest BCUT2D eigenvalue weighted by Gasteiger charge is 2.31. The first-order valence-corrected chi connectivity index (χ1v) is 7.03. The molecule has 0 saturated carbocycles. The fourth-order valence-corrected chi connectivity index (χ4v) is 3.12. The van der Waals surface area contributed by atoms with Gasteiger partial charge in [-0.3, -0.25) is 14.9 Å². The van der Waals surface area contributed by atoms with Crippen LogP contribution in [0.3, 0.4) is 0 Å². The van der Waals surface area contributed by atoms with Crippen molar-refractivity contribution in [3.8, 4) is 0 Å². The summed E-state index contributed by atoms with van der Waals surface area (Å²) in [5.41, 5.74) is 1.17. The van der Waals surface area contributed by atoms with E-state index in [2.05, 4.69) is 10.3 Å². The Balaban J connectivity index is 2.05. The normalized spacial score (nSPS) is 18.9. The summed E-state index contributed by atoms with van der Waals surface area (Å²) in [7, 11) is 0. The first-order chi connectivity index (χ1) is 10.7. The summed E-state index contributed by atoms with van der Waals surface area (Å²) < 4.78 is 16.0.